The van der Waals surface area contributed by atoms with Gasteiger partial charge in [0.25, 0.3) is 0 Å². The Kier molecular flexibility index (Phi) is 7.07. The summed E-state index contributed by atoms with van der Waals surface area (Å²) in [5, 5.41) is 3.03. The SMILES string of the molecule is CC1(N)CCCCC1C(=O)Nc1cccc(CN2CCCCC2=O)c1.Cl. The maximum atomic E-state index is 12.7. The van der Waals surface area contributed by atoms with Crippen molar-refractivity contribution in [3.63, 3.8) is 0 Å². The van der Waals surface area contributed by atoms with E-state index in [4.69, 9.17) is 5.73 Å². The van der Waals surface area contributed by atoms with Gasteiger partial charge in [0, 0.05) is 30.7 Å². The molecule has 1 heterocycles. The van der Waals surface area contributed by atoms with Gasteiger partial charge in [0.2, 0.25) is 11.8 Å². The lowest BCUT2D eigenvalue weighted by molar-refractivity contribution is -0.133. The third-order valence-electron chi connectivity index (χ3n) is 5.56. The van der Waals surface area contributed by atoms with Gasteiger partial charge in [0.15, 0.2) is 0 Å². The second-order valence-electron chi connectivity index (χ2n) is 7.77. The van der Waals surface area contributed by atoms with Gasteiger partial charge in [-0.15, -0.1) is 12.4 Å². The van der Waals surface area contributed by atoms with E-state index in [0.29, 0.717) is 13.0 Å². The molecule has 1 aromatic carbocycles. The summed E-state index contributed by atoms with van der Waals surface area (Å²) in [7, 11) is 0. The number of carbonyl (C=O) groups is 2. The van der Waals surface area contributed by atoms with Gasteiger partial charge in [0.05, 0.1) is 5.92 Å². The molecule has 6 heteroatoms. The lowest BCUT2D eigenvalue weighted by Gasteiger charge is -2.37. The molecule has 144 valence electrons. The average Bonchev–Trinajstić information content (AvgIpc) is 2.57. The highest BCUT2D eigenvalue weighted by molar-refractivity contribution is 5.93. The standard InChI is InChI=1S/C20H29N3O2.ClH/c1-20(21)11-4-2-9-17(20)19(25)22-16-8-6-7-15(13-16)14-23-12-5-3-10-18(23)24;/h6-8,13,17H,2-5,9-12,14,21H2,1H3,(H,22,25);1H. The van der Waals surface area contributed by atoms with Gasteiger partial charge in [-0.3, -0.25) is 9.59 Å². The van der Waals surface area contributed by atoms with Crippen molar-refractivity contribution in [2.24, 2.45) is 11.7 Å². The highest BCUT2D eigenvalue weighted by Crippen LogP contribution is 2.32. The molecule has 2 atom stereocenters. The number of amides is 2. The lowest BCUT2D eigenvalue weighted by atomic mass is 9.74. The predicted molar refractivity (Wildman–Crippen MR) is 106 cm³/mol. The normalized spacial score (nSPS) is 26.2. The van der Waals surface area contributed by atoms with Crippen LogP contribution >= 0.6 is 12.4 Å². The third-order valence-corrected chi connectivity index (χ3v) is 5.56. The number of hydrogen-bond acceptors (Lipinski definition) is 3. The highest BCUT2D eigenvalue weighted by atomic mass is 35.5. The fourth-order valence-electron chi connectivity index (χ4n) is 4.02. The Balaban J connectivity index is 0.00000243. The van der Waals surface area contributed by atoms with Crippen molar-refractivity contribution in [3.05, 3.63) is 29.8 Å². The maximum absolute atomic E-state index is 12.7. The smallest absolute Gasteiger partial charge is 0.229 e. The number of anilines is 1. The lowest BCUT2D eigenvalue weighted by Crippen LogP contribution is -2.51. The fourth-order valence-corrected chi connectivity index (χ4v) is 4.02. The summed E-state index contributed by atoms with van der Waals surface area (Å²) in [5.41, 5.74) is 7.74. The predicted octanol–water partition coefficient (Wildman–Crippen LogP) is 3.47. The van der Waals surface area contributed by atoms with Crippen molar-refractivity contribution in [2.45, 2.75) is 64.0 Å². The third kappa shape index (κ3) is 4.98. The van der Waals surface area contributed by atoms with Crippen molar-refractivity contribution in [3.8, 4) is 0 Å². The Bertz CT molecular complexity index is 648. The Morgan fingerprint density at radius 2 is 2.12 bits per heavy atom. The first-order valence-corrected chi connectivity index (χ1v) is 9.42. The number of rotatable bonds is 4. The van der Waals surface area contributed by atoms with Crippen molar-refractivity contribution in [2.75, 3.05) is 11.9 Å². The largest absolute Gasteiger partial charge is 0.338 e. The molecule has 1 aliphatic heterocycles. The Labute approximate surface area is 162 Å². The first kappa shape index (κ1) is 20.7. The van der Waals surface area contributed by atoms with Crippen LogP contribution in [0.25, 0.3) is 0 Å². The zero-order chi connectivity index (χ0) is 17.9. The van der Waals surface area contributed by atoms with E-state index in [1.54, 1.807) is 0 Å². The van der Waals surface area contributed by atoms with Crippen LogP contribution in [0.2, 0.25) is 0 Å². The number of likely N-dealkylation sites (tertiary alicyclic amines) is 1. The summed E-state index contributed by atoms with van der Waals surface area (Å²) in [4.78, 5) is 26.6. The molecular weight excluding hydrogens is 350 g/mol. The van der Waals surface area contributed by atoms with Gasteiger partial charge in [-0.2, -0.15) is 0 Å². The molecule has 26 heavy (non-hydrogen) atoms. The second kappa shape index (κ2) is 8.87. The van der Waals surface area contributed by atoms with Gasteiger partial charge in [-0.05, 0) is 50.3 Å². The summed E-state index contributed by atoms with van der Waals surface area (Å²) >= 11 is 0. The molecule has 0 radical (unpaired) electrons. The number of nitrogens with two attached hydrogens (primary N) is 1. The average molecular weight is 380 g/mol. The van der Waals surface area contributed by atoms with Crippen LogP contribution in [0.1, 0.15) is 57.4 Å². The monoisotopic (exact) mass is 379 g/mol. The first-order valence-electron chi connectivity index (χ1n) is 9.42. The van der Waals surface area contributed by atoms with Crippen molar-refractivity contribution in [1.29, 1.82) is 0 Å². The molecule has 1 saturated carbocycles. The van der Waals surface area contributed by atoms with Crippen LogP contribution in [0.4, 0.5) is 5.69 Å². The summed E-state index contributed by atoms with van der Waals surface area (Å²) in [6, 6.07) is 7.81. The molecule has 3 N–H and O–H groups in total. The fraction of sp³-hybridized carbons (Fsp3) is 0.600. The molecule has 2 aliphatic rings. The van der Waals surface area contributed by atoms with Crippen molar-refractivity contribution < 1.29 is 9.59 Å². The van der Waals surface area contributed by atoms with Gasteiger partial charge in [-0.25, -0.2) is 0 Å². The van der Waals surface area contributed by atoms with E-state index in [0.717, 1.165) is 56.3 Å². The van der Waals surface area contributed by atoms with Crippen LogP contribution in [0.15, 0.2) is 24.3 Å². The minimum atomic E-state index is -0.430. The van der Waals surface area contributed by atoms with E-state index in [1.165, 1.54) is 0 Å². The van der Waals surface area contributed by atoms with E-state index in [9.17, 15) is 9.59 Å². The quantitative estimate of drug-likeness (QED) is 0.841. The van der Waals surface area contributed by atoms with E-state index in [2.05, 4.69) is 5.32 Å². The Morgan fingerprint density at radius 3 is 2.85 bits per heavy atom. The maximum Gasteiger partial charge on any atom is 0.229 e. The zero-order valence-electron chi connectivity index (χ0n) is 15.5. The van der Waals surface area contributed by atoms with Crippen LogP contribution < -0.4 is 11.1 Å². The number of halogens is 1. The molecular formula is C20H30ClN3O2. The summed E-state index contributed by atoms with van der Waals surface area (Å²) in [5.74, 6) is 0.0891. The molecule has 1 aromatic rings. The van der Waals surface area contributed by atoms with Gasteiger partial charge in [-0.1, -0.05) is 25.0 Å². The molecule has 2 unspecified atom stereocenters. The van der Waals surface area contributed by atoms with Gasteiger partial charge in [0.1, 0.15) is 0 Å². The molecule has 2 fully saturated rings. The molecule has 5 nitrogen and oxygen atoms in total. The number of piperidine rings is 1. The number of hydrogen-bond donors (Lipinski definition) is 2. The number of carbonyl (C=O) groups excluding carboxylic acids is 2. The Morgan fingerprint density at radius 1 is 1.31 bits per heavy atom. The topological polar surface area (TPSA) is 75.4 Å². The van der Waals surface area contributed by atoms with Gasteiger partial charge < -0.3 is 16.0 Å². The van der Waals surface area contributed by atoms with E-state index >= 15 is 0 Å². The molecule has 0 bridgehead atoms. The molecule has 2 amide bonds. The molecule has 0 aromatic heterocycles. The summed E-state index contributed by atoms with van der Waals surface area (Å²) in [6.07, 6.45) is 6.60. The molecule has 0 spiro atoms. The summed E-state index contributed by atoms with van der Waals surface area (Å²) < 4.78 is 0. The zero-order valence-corrected chi connectivity index (χ0v) is 16.3. The highest BCUT2D eigenvalue weighted by Gasteiger charge is 2.37. The molecule has 1 aliphatic carbocycles. The Hall–Kier alpha value is -1.59. The summed E-state index contributed by atoms with van der Waals surface area (Å²) in [6.45, 7) is 3.42. The van der Waals surface area contributed by atoms with Crippen LogP contribution in [-0.2, 0) is 16.1 Å². The van der Waals surface area contributed by atoms with E-state index in [1.807, 2.05) is 36.1 Å². The van der Waals surface area contributed by atoms with Crippen molar-refractivity contribution in [1.82, 2.24) is 4.90 Å². The van der Waals surface area contributed by atoms with Crippen LogP contribution in [0.5, 0.6) is 0 Å². The van der Waals surface area contributed by atoms with Gasteiger partial charge >= 0.3 is 0 Å². The molecule has 1 saturated heterocycles. The van der Waals surface area contributed by atoms with E-state index < -0.39 is 5.54 Å². The minimum absolute atomic E-state index is 0. The number of nitrogens with one attached hydrogen (secondary N) is 1. The number of benzene rings is 1. The second-order valence-corrected chi connectivity index (χ2v) is 7.77. The van der Waals surface area contributed by atoms with Crippen LogP contribution in [0, 0.1) is 5.92 Å². The van der Waals surface area contributed by atoms with Crippen LogP contribution in [0.3, 0.4) is 0 Å². The molecule has 3 rings (SSSR count). The first-order chi connectivity index (χ1) is 12.0. The minimum Gasteiger partial charge on any atom is -0.338 e. The van der Waals surface area contributed by atoms with Crippen molar-refractivity contribution >= 4 is 29.9 Å². The number of nitrogens with zero attached hydrogens (tertiary/aromatic N) is 1. The van der Waals surface area contributed by atoms with E-state index in [-0.39, 0.29) is 30.1 Å². The van der Waals surface area contributed by atoms with Crippen LogP contribution in [-0.4, -0.2) is 28.8 Å².